The molecule has 0 saturated heterocycles. The number of carbonyl (C=O) groups is 2. The monoisotopic (exact) mass is 305 g/mol. The molecule has 0 aliphatic heterocycles. The molecular formula is C15H23N5O2. The second-order valence-corrected chi connectivity index (χ2v) is 5.65. The van der Waals surface area contributed by atoms with Gasteiger partial charge in [0.25, 0.3) is 5.91 Å². The summed E-state index contributed by atoms with van der Waals surface area (Å²) < 4.78 is 0. The molecular weight excluding hydrogens is 282 g/mol. The topological polar surface area (TPSA) is 110 Å². The van der Waals surface area contributed by atoms with Crippen LogP contribution in [0.15, 0.2) is 12.4 Å². The first-order chi connectivity index (χ1) is 10.6. The number of aryl methyl sites for hydroxylation is 1. The highest BCUT2D eigenvalue weighted by atomic mass is 16.2. The second-order valence-electron chi connectivity index (χ2n) is 5.65. The Hall–Kier alpha value is -2.02. The van der Waals surface area contributed by atoms with Crippen molar-refractivity contribution in [3.8, 4) is 0 Å². The first kappa shape index (κ1) is 16.4. The number of amides is 2. The van der Waals surface area contributed by atoms with E-state index in [0.29, 0.717) is 24.4 Å². The van der Waals surface area contributed by atoms with Crippen molar-refractivity contribution in [2.75, 3.05) is 6.54 Å². The van der Waals surface area contributed by atoms with Gasteiger partial charge in [0.1, 0.15) is 5.82 Å². The summed E-state index contributed by atoms with van der Waals surface area (Å²) in [5, 5.41) is 5.98. The molecule has 22 heavy (non-hydrogen) atoms. The van der Waals surface area contributed by atoms with Gasteiger partial charge in [0.15, 0.2) is 0 Å². The molecule has 1 aliphatic rings. The third kappa shape index (κ3) is 4.77. The van der Waals surface area contributed by atoms with Gasteiger partial charge >= 0.3 is 0 Å². The van der Waals surface area contributed by atoms with Crippen LogP contribution in [0.2, 0.25) is 0 Å². The standard InChI is InChI=1S/C15H23N5O2/c1-10-17-8-11(9-18-10)15(22)20-13-4-2-12(3-5-13)19-14(21)6-7-16/h8-9,12-13H,2-7,16H2,1H3,(H,19,21)(H,20,22)/t12-,13-. The Morgan fingerprint density at radius 2 is 1.68 bits per heavy atom. The van der Waals surface area contributed by atoms with E-state index in [1.54, 1.807) is 6.92 Å². The van der Waals surface area contributed by atoms with Gasteiger partial charge in [0.2, 0.25) is 5.91 Å². The van der Waals surface area contributed by atoms with Crippen molar-refractivity contribution in [2.24, 2.45) is 5.73 Å². The van der Waals surface area contributed by atoms with Crippen LogP contribution < -0.4 is 16.4 Å². The fourth-order valence-corrected chi connectivity index (χ4v) is 2.59. The normalized spacial score (nSPS) is 21.2. The molecule has 1 heterocycles. The molecule has 0 spiro atoms. The van der Waals surface area contributed by atoms with Crippen molar-refractivity contribution in [1.82, 2.24) is 20.6 Å². The van der Waals surface area contributed by atoms with Crippen molar-refractivity contribution < 1.29 is 9.59 Å². The van der Waals surface area contributed by atoms with E-state index in [0.717, 1.165) is 25.7 Å². The van der Waals surface area contributed by atoms with Crippen molar-refractivity contribution >= 4 is 11.8 Å². The molecule has 0 atom stereocenters. The zero-order chi connectivity index (χ0) is 15.9. The van der Waals surface area contributed by atoms with Gasteiger partial charge in [-0.05, 0) is 32.6 Å². The van der Waals surface area contributed by atoms with Crippen molar-refractivity contribution in [3.05, 3.63) is 23.8 Å². The first-order valence-electron chi connectivity index (χ1n) is 7.67. The smallest absolute Gasteiger partial charge is 0.254 e. The lowest BCUT2D eigenvalue weighted by Crippen LogP contribution is -2.44. The van der Waals surface area contributed by atoms with Crippen LogP contribution in [0.3, 0.4) is 0 Å². The van der Waals surface area contributed by atoms with Gasteiger partial charge in [-0.1, -0.05) is 0 Å². The van der Waals surface area contributed by atoms with E-state index >= 15 is 0 Å². The zero-order valence-corrected chi connectivity index (χ0v) is 12.8. The Labute approximate surface area is 130 Å². The van der Waals surface area contributed by atoms with E-state index in [1.165, 1.54) is 12.4 Å². The summed E-state index contributed by atoms with van der Waals surface area (Å²) in [4.78, 5) is 31.7. The quantitative estimate of drug-likeness (QED) is 0.724. The predicted octanol–water partition coefficient (Wildman–Crippen LogP) is 0.291. The van der Waals surface area contributed by atoms with Gasteiger partial charge in [0, 0.05) is 37.4 Å². The van der Waals surface area contributed by atoms with E-state index in [-0.39, 0.29) is 23.9 Å². The van der Waals surface area contributed by atoms with Crippen LogP contribution in [0.1, 0.15) is 48.3 Å². The van der Waals surface area contributed by atoms with Gasteiger partial charge in [0.05, 0.1) is 5.56 Å². The average molecular weight is 305 g/mol. The minimum atomic E-state index is -0.143. The fourth-order valence-electron chi connectivity index (χ4n) is 2.59. The number of aromatic nitrogens is 2. The summed E-state index contributed by atoms with van der Waals surface area (Å²) >= 11 is 0. The number of hydrogen-bond donors (Lipinski definition) is 3. The Morgan fingerprint density at radius 3 is 2.23 bits per heavy atom. The highest BCUT2D eigenvalue weighted by Gasteiger charge is 2.23. The lowest BCUT2D eigenvalue weighted by molar-refractivity contribution is -0.121. The maximum absolute atomic E-state index is 12.1. The number of nitrogens with one attached hydrogen (secondary N) is 2. The van der Waals surface area contributed by atoms with Crippen molar-refractivity contribution in [3.63, 3.8) is 0 Å². The molecule has 1 fully saturated rings. The minimum absolute atomic E-state index is 0.00629. The molecule has 0 unspecified atom stereocenters. The summed E-state index contributed by atoms with van der Waals surface area (Å²) in [5.74, 6) is 0.507. The molecule has 2 amide bonds. The van der Waals surface area contributed by atoms with Crippen LogP contribution in [-0.2, 0) is 4.79 Å². The highest BCUT2D eigenvalue weighted by Crippen LogP contribution is 2.19. The number of rotatable bonds is 5. The zero-order valence-electron chi connectivity index (χ0n) is 12.8. The summed E-state index contributed by atoms with van der Waals surface area (Å²) in [6.45, 7) is 2.15. The summed E-state index contributed by atoms with van der Waals surface area (Å²) in [7, 11) is 0. The van der Waals surface area contributed by atoms with E-state index in [9.17, 15) is 9.59 Å². The van der Waals surface area contributed by atoms with Crippen LogP contribution in [0, 0.1) is 6.92 Å². The van der Waals surface area contributed by atoms with Gasteiger partial charge in [-0.3, -0.25) is 9.59 Å². The van der Waals surface area contributed by atoms with Gasteiger partial charge < -0.3 is 16.4 Å². The summed E-state index contributed by atoms with van der Waals surface area (Å²) in [6, 6.07) is 0.325. The minimum Gasteiger partial charge on any atom is -0.353 e. The number of hydrogen-bond acceptors (Lipinski definition) is 5. The largest absolute Gasteiger partial charge is 0.353 e. The van der Waals surface area contributed by atoms with Crippen LogP contribution in [0.5, 0.6) is 0 Å². The Balaban J connectivity index is 1.76. The van der Waals surface area contributed by atoms with E-state index < -0.39 is 0 Å². The fraction of sp³-hybridized carbons (Fsp3) is 0.600. The predicted molar refractivity (Wildman–Crippen MR) is 82.1 cm³/mol. The number of carbonyl (C=O) groups excluding carboxylic acids is 2. The van der Waals surface area contributed by atoms with Gasteiger partial charge in [-0.15, -0.1) is 0 Å². The SMILES string of the molecule is Cc1ncc(C(=O)N[C@H]2CC[C@H](NC(=O)CCN)CC2)cn1. The Morgan fingerprint density at radius 1 is 1.14 bits per heavy atom. The molecule has 0 aromatic carbocycles. The number of nitrogens with two attached hydrogens (primary N) is 1. The maximum Gasteiger partial charge on any atom is 0.254 e. The molecule has 120 valence electrons. The molecule has 1 saturated carbocycles. The van der Waals surface area contributed by atoms with Gasteiger partial charge in [-0.25, -0.2) is 9.97 Å². The molecule has 1 aromatic heterocycles. The van der Waals surface area contributed by atoms with Crippen LogP contribution in [-0.4, -0.2) is 40.4 Å². The Kier molecular flexibility index (Phi) is 5.83. The maximum atomic E-state index is 12.1. The molecule has 2 rings (SSSR count). The first-order valence-corrected chi connectivity index (χ1v) is 7.67. The third-order valence-electron chi connectivity index (χ3n) is 3.84. The third-order valence-corrected chi connectivity index (χ3v) is 3.84. The Bertz CT molecular complexity index is 509. The summed E-state index contributed by atoms with van der Waals surface area (Å²) in [6.07, 6.45) is 6.88. The molecule has 0 radical (unpaired) electrons. The van der Waals surface area contributed by atoms with Crippen LogP contribution in [0.4, 0.5) is 0 Å². The molecule has 1 aliphatic carbocycles. The van der Waals surface area contributed by atoms with E-state index in [2.05, 4.69) is 20.6 Å². The van der Waals surface area contributed by atoms with E-state index in [1.807, 2.05) is 0 Å². The summed E-state index contributed by atoms with van der Waals surface area (Å²) in [5.41, 5.74) is 5.83. The molecule has 7 nitrogen and oxygen atoms in total. The lowest BCUT2D eigenvalue weighted by atomic mass is 9.91. The molecule has 0 bridgehead atoms. The lowest BCUT2D eigenvalue weighted by Gasteiger charge is -2.29. The average Bonchev–Trinajstić information content (AvgIpc) is 2.50. The van der Waals surface area contributed by atoms with Crippen molar-refractivity contribution in [2.45, 2.75) is 51.1 Å². The molecule has 4 N–H and O–H groups in total. The van der Waals surface area contributed by atoms with Gasteiger partial charge in [-0.2, -0.15) is 0 Å². The second kappa shape index (κ2) is 7.84. The molecule has 1 aromatic rings. The highest BCUT2D eigenvalue weighted by molar-refractivity contribution is 5.93. The van der Waals surface area contributed by atoms with E-state index in [4.69, 9.17) is 5.73 Å². The number of nitrogens with zero attached hydrogens (tertiary/aromatic N) is 2. The van der Waals surface area contributed by atoms with Crippen molar-refractivity contribution in [1.29, 1.82) is 0 Å². The van der Waals surface area contributed by atoms with Crippen LogP contribution >= 0.6 is 0 Å². The van der Waals surface area contributed by atoms with Crippen LogP contribution in [0.25, 0.3) is 0 Å². The molecule has 7 heteroatoms.